The summed E-state index contributed by atoms with van der Waals surface area (Å²) in [6.45, 7) is 9.19. The summed E-state index contributed by atoms with van der Waals surface area (Å²) in [4.78, 5) is 2.70. The molecule has 1 aromatic carbocycles. The van der Waals surface area contributed by atoms with E-state index < -0.39 is 0 Å². The number of likely N-dealkylation sites (N-methyl/N-ethyl adjacent to an activating group) is 1. The van der Waals surface area contributed by atoms with Gasteiger partial charge in [-0.15, -0.1) is 0 Å². The van der Waals surface area contributed by atoms with Crippen molar-refractivity contribution in [1.82, 2.24) is 10.2 Å². The first kappa shape index (κ1) is 15.5. The summed E-state index contributed by atoms with van der Waals surface area (Å²) >= 11 is 0. The average Bonchev–Trinajstić information content (AvgIpc) is 3.23. The van der Waals surface area contributed by atoms with Crippen LogP contribution in [0.1, 0.15) is 50.3 Å². The lowest BCUT2D eigenvalue weighted by atomic mass is 10.0. The van der Waals surface area contributed by atoms with Gasteiger partial charge in [0.2, 0.25) is 0 Å². The van der Waals surface area contributed by atoms with Gasteiger partial charge in [-0.25, -0.2) is 0 Å². The molecule has 2 rings (SSSR count). The van der Waals surface area contributed by atoms with Crippen LogP contribution in [0.2, 0.25) is 0 Å². The van der Waals surface area contributed by atoms with Crippen LogP contribution in [0.15, 0.2) is 24.3 Å². The molecule has 112 valence electrons. The summed E-state index contributed by atoms with van der Waals surface area (Å²) in [7, 11) is 2.08. The van der Waals surface area contributed by atoms with Crippen molar-refractivity contribution in [2.45, 2.75) is 52.1 Å². The molecule has 0 aliphatic heterocycles. The molecule has 0 radical (unpaired) electrons. The molecular weight excluding hydrogens is 244 g/mol. The number of rotatable bonds is 8. The molecule has 1 saturated carbocycles. The van der Waals surface area contributed by atoms with Crippen LogP contribution in [0, 0.1) is 12.8 Å². The average molecular weight is 274 g/mol. The Morgan fingerprint density at radius 2 is 2.05 bits per heavy atom. The highest BCUT2D eigenvalue weighted by molar-refractivity contribution is 5.25. The van der Waals surface area contributed by atoms with E-state index in [0.717, 1.165) is 18.5 Å². The fourth-order valence-corrected chi connectivity index (χ4v) is 2.77. The van der Waals surface area contributed by atoms with Gasteiger partial charge in [-0.3, -0.25) is 4.90 Å². The minimum absolute atomic E-state index is 0.447. The highest BCUT2D eigenvalue weighted by Crippen LogP contribution is 2.29. The van der Waals surface area contributed by atoms with E-state index in [-0.39, 0.29) is 0 Å². The number of nitrogens with one attached hydrogen (secondary N) is 1. The van der Waals surface area contributed by atoms with Crippen LogP contribution in [0.5, 0.6) is 0 Å². The molecule has 1 aliphatic carbocycles. The zero-order valence-electron chi connectivity index (χ0n) is 13.5. The van der Waals surface area contributed by atoms with Crippen molar-refractivity contribution >= 4 is 0 Å². The van der Waals surface area contributed by atoms with Crippen molar-refractivity contribution in [3.63, 3.8) is 0 Å². The molecule has 0 bridgehead atoms. The van der Waals surface area contributed by atoms with Crippen LogP contribution < -0.4 is 5.32 Å². The van der Waals surface area contributed by atoms with Gasteiger partial charge in [-0.1, -0.05) is 43.7 Å². The van der Waals surface area contributed by atoms with E-state index in [2.05, 4.69) is 62.3 Å². The topological polar surface area (TPSA) is 15.3 Å². The third-order valence-electron chi connectivity index (χ3n) is 4.27. The number of hydrogen-bond donors (Lipinski definition) is 1. The lowest BCUT2D eigenvalue weighted by Gasteiger charge is -2.28. The molecule has 1 N–H and O–H groups in total. The predicted molar refractivity (Wildman–Crippen MR) is 87.0 cm³/mol. The van der Waals surface area contributed by atoms with Crippen LogP contribution >= 0.6 is 0 Å². The Balaban J connectivity index is 1.99. The van der Waals surface area contributed by atoms with Gasteiger partial charge in [0.05, 0.1) is 0 Å². The molecule has 1 aromatic rings. The Kier molecular flexibility index (Phi) is 5.62. The van der Waals surface area contributed by atoms with Gasteiger partial charge >= 0.3 is 0 Å². The Hall–Kier alpha value is -0.860. The molecule has 2 heteroatoms. The maximum atomic E-state index is 3.50. The molecule has 1 aliphatic rings. The Bertz CT molecular complexity index is 410. The van der Waals surface area contributed by atoms with Gasteiger partial charge in [0.1, 0.15) is 0 Å². The van der Waals surface area contributed by atoms with Crippen molar-refractivity contribution in [2.24, 2.45) is 5.92 Å². The van der Waals surface area contributed by atoms with Crippen LogP contribution in [0.3, 0.4) is 0 Å². The van der Waals surface area contributed by atoms with Crippen LogP contribution in [-0.2, 0) is 0 Å². The first-order valence-corrected chi connectivity index (χ1v) is 8.08. The summed E-state index contributed by atoms with van der Waals surface area (Å²) in [5, 5.41) is 3.50. The molecule has 0 amide bonds. The molecule has 0 aromatic heterocycles. The van der Waals surface area contributed by atoms with Crippen molar-refractivity contribution in [3.05, 3.63) is 35.4 Å². The standard InChI is InChI=1S/C18H30N2/c1-14(2)10-11-20(17-8-9-17)13-18(19-4)16-7-5-6-15(3)12-16/h5-7,12,14,17-19H,8-11,13H2,1-4H3. The largest absolute Gasteiger partial charge is 0.312 e. The quantitative estimate of drug-likeness (QED) is 0.776. The van der Waals surface area contributed by atoms with E-state index in [0.29, 0.717) is 6.04 Å². The maximum absolute atomic E-state index is 3.50. The van der Waals surface area contributed by atoms with Crippen molar-refractivity contribution < 1.29 is 0 Å². The minimum Gasteiger partial charge on any atom is -0.312 e. The van der Waals surface area contributed by atoms with E-state index >= 15 is 0 Å². The first-order chi connectivity index (χ1) is 9.60. The molecular formula is C18H30N2. The molecule has 2 nitrogen and oxygen atoms in total. The van der Waals surface area contributed by atoms with Gasteiger partial charge < -0.3 is 5.32 Å². The molecule has 1 atom stereocenters. The van der Waals surface area contributed by atoms with Gasteiger partial charge in [0.15, 0.2) is 0 Å². The van der Waals surface area contributed by atoms with Gasteiger partial charge in [0, 0.05) is 18.6 Å². The Morgan fingerprint density at radius 3 is 2.60 bits per heavy atom. The summed E-state index contributed by atoms with van der Waals surface area (Å²) in [5.41, 5.74) is 2.77. The maximum Gasteiger partial charge on any atom is 0.0447 e. The number of benzene rings is 1. The SMILES string of the molecule is CNC(CN(CCC(C)C)C1CC1)c1cccc(C)c1. The van der Waals surface area contributed by atoms with E-state index in [1.165, 1.54) is 36.9 Å². The third-order valence-corrected chi connectivity index (χ3v) is 4.27. The Morgan fingerprint density at radius 1 is 1.30 bits per heavy atom. The second kappa shape index (κ2) is 7.24. The summed E-state index contributed by atoms with van der Waals surface area (Å²) < 4.78 is 0. The lowest BCUT2D eigenvalue weighted by molar-refractivity contribution is 0.224. The fraction of sp³-hybridized carbons (Fsp3) is 0.667. The third kappa shape index (κ3) is 4.60. The van der Waals surface area contributed by atoms with Crippen LogP contribution in [0.4, 0.5) is 0 Å². The molecule has 20 heavy (non-hydrogen) atoms. The zero-order chi connectivity index (χ0) is 14.5. The van der Waals surface area contributed by atoms with Crippen molar-refractivity contribution in [3.8, 4) is 0 Å². The summed E-state index contributed by atoms with van der Waals surface area (Å²) in [6, 6.07) is 10.2. The zero-order valence-corrected chi connectivity index (χ0v) is 13.5. The summed E-state index contributed by atoms with van der Waals surface area (Å²) in [6.07, 6.45) is 4.09. The van der Waals surface area contributed by atoms with Gasteiger partial charge in [-0.2, -0.15) is 0 Å². The number of aryl methyl sites for hydroxylation is 1. The molecule has 0 heterocycles. The lowest BCUT2D eigenvalue weighted by Crippen LogP contribution is -2.36. The van der Waals surface area contributed by atoms with E-state index in [9.17, 15) is 0 Å². The fourth-order valence-electron chi connectivity index (χ4n) is 2.77. The Labute approximate surface area is 124 Å². The summed E-state index contributed by atoms with van der Waals surface area (Å²) in [5.74, 6) is 0.795. The van der Waals surface area contributed by atoms with Crippen LogP contribution in [0.25, 0.3) is 0 Å². The second-order valence-corrected chi connectivity index (χ2v) is 6.66. The number of hydrogen-bond acceptors (Lipinski definition) is 2. The van der Waals surface area contributed by atoms with E-state index in [1.807, 2.05) is 0 Å². The smallest absolute Gasteiger partial charge is 0.0447 e. The predicted octanol–water partition coefficient (Wildman–Crippen LogP) is 3.77. The number of nitrogens with zero attached hydrogens (tertiary/aromatic N) is 1. The van der Waals surface area contributed by atoms with E-state index in [1.54, 1.807) is 0 Å². The molecule has 1 unspecified atom stereocenters. The van der Waals surface area contributed by atoms with Crippen molar-refractivity contribution in [1.29, 1.82) is 0 Å². The normalized spacial score (nSPS) is 16.9. The van der Waals surface area contributed by atoms with E-state index in [4.69, 9.17) is 0 Å². The minimum atomic E-state index is 0.447. The monoisotopic (exact) mass is 274 g/mol. The first-order valence-electron chi connectivity index (χ1n) is 8.08. The highest BCUT2D eigenvalue weighted by Gasteiger charge is 2.30. The molecule has 0 saturated heterocycles. The molecule has 1 fully saturated rings. The van der Waals surface area contributed by atoms with Gasteiger partial charge in [0.25, 0.3) is 0 Å². The van der Waals surface area contributed by atoms with Crippen LogP contribution in [-0.4, -0.2) is 31.1 Å². The van der Waals surface area contributed by atoms with Crippen molar-refractivity contribution in [2.75, 3.05) is 20.1 Å². The second-order valence-electron chi connectivity index (χ2n) is 6.66. The highest BCUT2D eigenvalue weighted by atomic mass is 15.2. The molecule has 0 spiro atoms. The van der Waals surface area contributed by atoms with Gasteiger partial charge in [-0.05, 0) is 51.3 Å².